The largest absolute Gasteiger partial charge is 0.496 e. The lowest BCUT2D eigenvalue weighted by atomic mass is 9.99. The highest BCUT2D eigenvalue weighted by molar-refractivity contribution is 9.10. The zero-order valence-corrected chi connectivity index (χ0v) is 14.2. The van der Waals surface area contributed by atoms with E-state index in [2.05, 4.69) is 21.2 Å². The number of halogens is 1. The van der Waals surface area contributed by atoms with Gasteiger partial charge in [-0.2, -0.15) is 0 Å². The molecule has 0 bridgehead atoms. The Morgan fingerprint density at radius 1 is 1.52 bits per heavy atom. The Kier molecular flexibility index (Phi) is 5.65. The predicted octanol–water partition coefficient (Wildman–Crippen LogP) is 3.15. The van der Waals surface area contributed by atoms with E-state index in [1.54, 1.807) is 7.11 Å². The van der Waals surface area contributed by atoms with Crippen molar-refractivity contribution in [2.45, 2.75) is 44.7 Å². The summed E-state index contributed by atoms with van der Waals surface area (Å²) < 4.78 is 6.10. The van der Waals surface area contributed by atoms with Crippen molar-refractivity contribution in [2.75, 3.05) is 7.11 Å². The summed E-state index contributed by atoms with van der Waals surface area (Å²) >= 11 is 3.47. The van der Waals surface area contributed by atoms with Crippen molar-refractivity contribution in [3.8, 4) is 5.75 Å². The number of carbonyl (C=O) groups excluding carboxylic acids is 1. The van der Waals surface area contributed by atoms with E-state index in [1.807, 2.05) is 25.1 Å². The first-order valence-electron chi connectivity index (χ1n) is 7.39. The van der Waals surface area contributed by atoms with Gasteiger partial charge in [0.05, 0.1) is 17.6 Å². The van der Waals surface area contributed by atoms with Gasteiger partial charge in [0, 0.05) is 12.5 Å². The summed E-state index contributed by atoms with van der Waals surface area (Å²) in [6.45, 7) is 1.99. The van der Waals surface area contributed by atoms with E-state index in [9.17, 15) is 4.79 Å². The van der Waals surface area contributed by atoms with Crippen LogP contribution in [0.3, 0.4) is 0 Å². The summed E-state index contributed by atoms with van der Waals surface area (Å²) in [6.07, 6.45) is 3.78. The number of hydrogen-bond donors (Lipinski definition) is 2. The number of hydrogen-bond acceptors (Lipinski definition) is 3. The van der Waals surface area contributed by atoms with Gasteiger partial charge in [-0.1, -0.05) is 12.5 Å². The Balaban J connectivity index is 1.92. The maximum atomic E-state index is 12.1. The van der Waals surface area contributed by atoms with Gasteiger partial charge in [0.15, 0.2) is 0 Å². The quantitative estimate of drug-likeness (QED) is 0.853. The molecule has 4 nitrogen and oxygen atoms in total. The van der Waals surface area contributed by atoms with Crippen LogP contribution in [-0.4, -0.2) is 19.1 Å². The first-order chi connectivity index (χ1) is 10.0. The monoisotopic (exact) mass is 354 g/mol. The minimum atomic E-state index is -0.0302. The molecule has 0 saturated heterocycles. The van der Waals surface area contributed by atoms with Crippen LogP contribution in [0.15, 0.2) is 22.7 Å². The average Bonchev–Trinajstić information content (AvgIpc) is 2.84. The van der Waals surface area contributed by atoms with Crippen LogP contribution < -0.4 is 15.8 Å². The molecule has 1 aliphatic rings. The van der Waals surface area contributed by atoms with Crippen LogP contribution in [0, 0.1) is 5.92 Å². The number of benzene rings is 1. The van der Waals surface area contributed by atoms with Gasteiger partial charge < -0.3 is 15.8 Å². The third-order valence-corrected chi connectivity index (χ3v) is 4.84. The lowest BCUT2D eigenvalue weighted by Gasteiger charge is -2.19. The van der Waals surface area contributed by atoms with Crippen LogP contribution in [0.25, 0.3) is 0 Å². The van der Waals surface area contributed by atoms with E-state index < -0.39 is 0 Å². The third-order valence-electron chi connectivity index (χ3n) is 4.22. The molecule has 1 fully saturated rings. The van der Waals surface area contributed by atoms with Crippen LogP contribution in [0.5, 0.6) is 5.75 Å². The number of nitrogens with two attached hydrogens (primary N) is 1. The van der Waals surface area contributed by atoms with Crippen molar-refractivity contribution < 1.29 is 9.53 Å². The molecule has 21 heavy (non-hydrogen) atoms. The molecule has 0 aliphatic heterocycles. The van der Waals surface area contributed by atoms with Gasteiger partial charge in [-0.3, -0.25) is 4.79 Å². The molecular formula is C16H23BrN2O2. The van der Waals surface area contributed by atoms with Crippen molar-refractivity contribution in [1.82, 2.24) is 5.32 Å². The summed E-state index contributed by atoms with van der Waals surface area (Å²) in [5.41, 5.74) is 7.07. The maximum Gasteiger partial charge on any atom is 0.220 e. The molecule has 3 N–H and O–H groups in total. The average molecular weight is 355 g/mol. The highest BCUT2D eigenvalue weighted by Gasteiger charge is 2.26. The second-order valence-corrected chi connectivity index (χ2v) is 6.60. The fraction of sp³-hybridized carbons (Fsp3) is 0.562. The number of rotatable bonds is 5. The van der Waals surface area contributed by atoms with Crippen molar-refractivity contribution in [3.63, 3.8) is 0 Å². The SMILES string of the molecule is COc1ccc(C(C)NC(=O)C[C@@H]2CCC[C@H]2N)cc1Br. The van der Waals surface area contributed by atoms with Gasteiger partial charge in [-0.05, 0) is 59.3 Å². The fourth-order valence-electron chi connectivity index (χ4n) is 2.89. The van der Waals surface area contributed by atoms with Crippen LogP contribution in [0.2, 0.25) is 0 Å². The van der Waals surface area contributed by atoms with E-state index in [0.29, 0.717) is 12.3 Å². The van der Waals surface area contributed by atoms with Crippen LogP contribution in [0.1, 0.15) is 44.2 Å². The third kappa shape index (κ3) is 4.20. The second-order valence-electron chi connectivity index (χ2n) is 5.74. The Bertz CT molecular complexity index is 507. The molecule has 5 heteroatoms. The van der Waals surface area contributed by atoms with Gasteiger partial charge in [-0.25, -0.2) is 0 Å². The molecule has 0 heterocycles. The molecule has 1 unspecified atom stereocenters. The Morgan fingerprint density at radius 2 is 2.29 bits per heavy atom. The standard InChI is InChI=1S/C16H23BrN2O2/c1-10(11-6-7-15(21-2)13(17)8-11)19-16(20)9-12-4-3-5-14(12)18/h6-8,10,12,14H,3-5,9,18H2,1-2H3,(H,19,20)/t10?,12-,14+/m0/s1. The molecule has 2 rings (SSSR count). The van der Waals surface area contributed by atoms with Gasteiger partial charge in [0.1, 0.15) is 5.75 Å². The lowest BCUT2D eigenvalue weighted by Crippen LogP contribution is -2.32. The summed E-state index contributed by atoms with van der Waals surface area (Å²) in [5, 5.41) is 3.05. The predicted molar refractivity (Wildman–Crippen MR) is 87.2 cm³/mol. The van der Waals surface area contributed by atoms with E-state index in [0.717, 1.165) is 35.0 Å². The van der Waals surface area contributed by atoms with Crippen LogP contribution in [-0.2, 0) is 4.79 Å². The number of amides is 1. The minimum absolute atomic E-state index is 0.0302. The van der Waals surface area contributed by atoms with Crippen LogP contribution >= 0.6 is 15.9 Å². The fourth-order valence-corrected chi connectivity index (χ4v) is 3.45. The zero-order chi connectivity index (χ0) is 15.4. The minimum Gasteiger partial charge on any atom is -0.496 e. The molecule has 0 radical (unpaired) electrons. The highest BCUT2D eigenvalue weighted by atomic mass is 79.9. The normalized spacial score (nSPS) is 22.9. The first-order valence-corrected chi connectivity index (χ1v) is 8.19. The summed E-state index contributed by atoms with van der Waals surface area (Å²) in [5.74, 6) is 1.20. The highest BCUT2D eigenvalue weighted by Crippen LogP contribution is 2.29. The zero-order valence-electron chi connectivity index (χ0n) is 12.6. The Morgan fingerprint density at radius 3 is 2.86 bits per heavy atom. The molecule has 3 atom stereocenters. The van der Waals surface area contributed by atoms with Crippen molar-refractivity contribution in [2.24, 2.45) is 11.7 Å². The molecule has 1 aromatic carbocycles. The molecule has 0 aromatic heterocycles. The molecule has 1 aromatic rings. The maximum absolute atomic E-state index is 12.1. The van der Waals surface area contributed by atoms with E-state index in [4.69, 9.17) is 10.5 Å². The number of carbonyl (C=O) groups is 1. The summed E-state index contributed by atoms with van der Waals surface area (Å²) in [4.78, 5) is 12.1. The first kappa shape index (κ1) is 16.3. The van der Waals surface area contributed by atoms with Gasteiger partial charge in [0.25, 0.3) is 0 Å². The number of methoxy groups -OCH3 is 1. The molecular weight excluding hydrogens is 332 g/mol. The van der Waals surface area contributed by atoms with E-state index in [1.165, 1.54) is 0 Å². The van der Waals surface area contributed by atoms with Gasteiger partial charge >= 0.3 is 0 Å². The van der Waals surface area contributed by atoms with E-state index >= 15 is 0 Å². The smallest absolute Gasteiger partial charge is 0.220 e. The van der Waals surface area contributed by atoms with E-state index in [-0.39, 0.29) is 18.0 Å². The van der Waals surface area contributed by atoms with Crippen LogP contribution in [0.4, 0.5) is 0 Å². The van der Waals surface area contributed by atoms with Crippen molar-refractivity contribution >= 4 is 21.8 Å². The van der Waals surface area contributed by atoms with Crippen molar-refractivity contribution in [1.29, 1.82) is 0 Å². The molecule has 1 saturated carbocycles. The number of ether oxygens (including phenoxy) is 1. The molecule has 1 aliphatic carbocycles. The van der Waals surface area contributed by atoms with Gasteiger partial charge in [-0.15, -0.1) is 0 Å². The summed E-state index contributed by atoms with van der Waals surface area (Å²) in [6, 6.07) is 5.99. The Hall–Kier alpha value is -1.07. The summed E-state index contributed by atoms with van der Waals surface area (Å²) in [7, 11) is 1.63. The molecule has 116 valence electrons. The number of nitrogens with one attached hydrogen (secondary N) is 1. The molecule has 0 spiro atoms. The second kappa shape index (κ2) is 7.27. The van der Waals surface area contributed by atoms with Crippen molar-refractivity contribution in [3.05, 3.63) is 28.2 Å². The molecule has 1 amide bonds. The Labute approximate surface area is 134 Å². The topological polar surface area (TPSA) is 64.3 Å². The lowest BCUT2D eigenvalue weighted by molar-refractivity contribution is -0.122. The van der Waals surface area contributed by atoms with Gasteiger partial charge in [0.2, 0.25) is 5.91 Å².